The lowest BCUT2D eigenvalue weighted by Crippen LogP contribution is -2.37. The van der Waals surface area contributed by atoms with E-state index in [-0.39, 0.29) is 0 Å². The number of pyridine rings is 1. The molecule has 118 valence electrons. The highest BCUT2D eigenvalue weighted by Gasteiger charge is 2.26. The topological polar surface area (TPSA) is 28.2 Å². The van der Waals surface area contributed by atoms with Crippen LogP contribution >= 0.6 is 0 Å². The molecule has 2 heterocycles. The van der Waals surface area contributed by atoms with E-state index in [4.69, 9.17) is 4.98 Å². The Morgan fingerprint density at radius 3 is 2.52 bits per heavy atom. The Morgan fingerprint density at radius 2 is 1.90 bits per heavy atom. The van der Waals surface area contributed by atoms with Crippen molar-refractivity contribution in [2.24, 2.45) is 11.3 Å². The molecule has 0 aromatic carbocycles. The number of rotatable bonds is 5. The van der Waals surface area contributed by atoms with Crippen LogP contribution in [0.2, 0.25) is 0 Å². The summed E-state index contributed by atoms with van der Waals surface area (Å²) in [5.41, 5.74) is 2.96. The summed E-state index contributed by atoms with van der Waals surface area (Å²) in [5, 5.41) is 3.53. The van der Waals surface area contributed by atoms with Gasteiger partial charge in [-0.05, 0) is 55.3 Å². The maximum absolute atomic E-state index is 4.75. The molecule has 0 atom stereocenters. The number of hydrogen-bond acceptors (Lipinski definition) is 3. The third-order valence-corrected chi connectivity index (χ3v) is 4.32. The second-order valence-corrected chi connectivity index (χ2v) is 7.65. The van der Waals surface area contributed by atoms with Gasteiger partial charge in [0.2, 0.25) is 0 Å². The minimum Gasteiger partial charge on any atom is -0.357 e. The average Bonchev–Trinajstić information content (AvgIpc) is 2.37. The molecule has 0 spiro atoms. The highest BCUT2D eigenvalue weighted by molar-refractivity contribution is 5.43. The van der Waals surface area contributed by atoms with Crippen molar-refractivity contribution in [1.82, 2.24) is 10.3 Å². The van der Waals surface area contributed by atoms with E-state index in [0.717, 1.165) is 37.7 Å². The molecule has 1 fully saturated rings. The van der Waals surface area contributed by atoms with Crippen molar-refractivity contribution in [2.45, 2.75) is 54.0 Å². The number of aryl methyl sites for hydroxylation is 1. The maximum atomic E-state index is 4.75. The van der Waals surface area contributed by atoms with Gasteiger partial charge in [0.1, 0.15) is 5.82 Å². The second kappa shape index (κ2) is 6.78. The molecule has 0 amide bonds. The number of nitrogens with one attached hydrogen (secondary N) is 1. The fourth-order valence-corrected chi connectivity index (χ4v) is 2.83. The Balaban J connectivity index is 2.01. The second-order valence-electron chi connectivity index (χ2n) is 7.65. The standard InChI is InChI=1S/C18H31N3/c1-14(2)12-19-13-16-10-15(3)20-17(11-16)21-8-6-18(4,5)7-9-21/h10-11,14,19H,6-9,12-13H2,1-5H3. The minimum atomic E-state index is 0.488. The van der Waals surface area contributed by atoms with Crippen molar-refractivity contribution in [3.05, 3.63) is 23.4 Å². The maximum Gasteiger partial charge on any atom is 0.129 e. The first-order chi connectivity index (χ1) is 9.85. The predicted octanol–water partition coefficient (Wildman–Crippen LogP) is 3.76. The van der Waals surface area contributed by atoms with E-state index in [0.29, 0.717) is 11.3 Å². The molecule has 3 heteroatoms. The van der Waals surface area contributed by atoms with Crippen molar-refractivity contribution in [3.8, 4) is 0 Å². The molecule has 1 N–H and O–H groups in total. The average molecular weight is 289 g/mol. The Hall–Kier alpha value is -1.09. The van der Waals surface area contributed by atoms with Crippen LogP contribution in [0.3, 0.4) is 0 Å². The number of aromatic nitrogens is 1. The lowest BCUT2D eigenvalue weighted by Gasteiger charge is -2.37. The fourth-order valence-electron chi connectivity index (χ4n) is 2.83. The first kappa shape index (κ1) is 16.3. The highest BCUT2D eigenvalue weighted by Crippen LogP contribution is 2.31. The van der Waals surface area contributed by atoms with Gasteiger partial charge in [-0.15, -0.1) is 0 Å². The van der Waals surface area contributed by atoms with Crippen LogP contribution in [0.25, 0.3) is 0 Å². The number of anilines is 1. The van der Waals surface area contributed by atoms with Gasteiger partial charge in [-0.1, -0.05) is 27.7 Å². The van der Waals surface area contributed by atoms with E-state index in [9.17, 15) is 0 Å². The largest absolute Gasteiger partial charge is 0.357 e. The van der Waals surface area contributed by atoms with Crippen molar-refractivity contribution < 1.29 is 0 Å². The molecule has 1 aromatic heterocycles. The molecular weight excluding hydrogens is 258 g/mol. The van der Waals surface area contributed by atoms with E-state index in [1.165, 1.54) is 18.4 Å². The molecule has 1 aromatic rings. The van der Waals surface area contributed by atoms with Crippen LogP contribution in [-0.2, 0) is 6.54 Å². The Kier molecular flexibility index (Phi) is 5.26. The molecule has 1 aliphatic heterocycles. The van der Waals surface area contributed by atoms with Gasteiger partial charge in [-0.25, -0.2) is 4.98 Å². The van der Waals surface area contributed by atoms with Gasteiger partial charge in [-0.3, -0.25) is 0 Å². The number of nitrogens with zero attached hydrogens (tertiary/aromatic N) is 2. The summed E-state index contributed by atoms with van der Waals surface area (Å²) in [6.07, 6.45) is 2.51. The summed E-state index contributed by atoms with van der Waals surface area (Å²) in [7, 11) is 0. The summed E-state index contributed by atoms with van der Waals surface area (Å²) in [5.74, 6) is 1.85. The van der Waals surface area contributed by atoms with Crippen LogP contribution in [0.4, 0.5) is 5.82 Å². The Morgan fingerprint density at radius 1 is 1.24 bits per heavy atom. The van der Waals surface area contributed by atoms with Gasteiger partial charge in [0, 0.05) is 25.3 Å². The van der Waals surface area contributed by atoms with E-state index in [1.54, 1.807) is 0 Å². The van der Waals surface area contributed by atoms with Gasteiger partial charge in [-0.2, -0.15) is 0 Å². The van der Waals surface area contributed by atoms with Gasteiger partial charge in [0.05, 0.1) is 0 Å². The van der Waals surface area contributed by atoms with Gasteiger partial charge in [0.25, 0.3) is 0 Å². The molecule has 3 nitrogen and oxygen atoms in total. The molecule has 2 rings (SSSR count). The predicted molar refractivity (Wildman–Crippen MR) is 90.7 cm³/mol. The van der Waals surface area contributed by atoms with Gasteiger partial charge >= 0.3 is 0 Å². The normalized spacial score (nSPS) is 18.3. The molecular formula is C18H31N3. The van der Waals surface area contributed by atoms with Crippen LogP contribution in [0.1, 0.15) is 51.8 Å². The lowest BCUT2D eigenvalue weighted by atomic mass is 9.83. The van der Waals surface area contributed by atoms with Crippen molar-refractivity contribution in [2.75, 3.05) is 24.5 Å². The number of hydrogen-bond donors (Lipinski definition) is 1. The monoisotopic (exact) mass is 289 g/mol. The fraction of sp³-hybridized carbons (Fsp3) is 0.722. The van der Waals surface area contributed by atoms with Crippen LogP contribution in [0.5, 0.6) is 0 Å². The molecule has 0 aliphatic carbocycles. The summed E-state index contributed by atoms with van der Waals surface area (Å²) >= 11 is 0. The van der Waals surface area contributed by atoms with Crippen molar-refractivity contribution >= 4 is 5.82 Å². The van der Waals surface area contributed by atoms with Gasteiger partial charge in [0.15, 0.2) is 0 Å². The van der Waals surface area contributed by atoms with E-state index in [1.807, 2.05) is 0 Å². The van der Waals surface area contributed by atoms with Crippen LogP contribution < -0.4 is 10.2 Å². The zero-order valence-corrected chi connectivity index (χ0v) is 14.4. The smallest absolute Gasteiger partial charge is 0.129 e. The quantitative estimate of drug-likeness (QED) is 0.894. The first-order valence-corrected chi connectivity index (χ1v) is 8.29. The molecule has 0 saturated carbocycles. The SMILES string of the molecule is Cc1cc(CNCC(C)C)cc(N2CCC(C)(C)CC2)n1. The Bertz CT molecular complexity index is 456. The first-order valence-electron chi connectivity index (χ1n) is 8.29. The molecule has 0 bridgehead atoms. The van der Waals surface area contributed by atoms with Gasteiger partial charge < -0.3 is 10.2 Å². The lowest BCUT2D eigenvalue weighted by molar-refractivity contribution is 0.279. The molecule has 1 aliphatic rings. The summed E-state index contributed by atoms with van der Waals surface area (Å²) in [6, 6.07) is 4.46. The van der Waals surface area contributed by atoms with E-state index < -0.39 is 0 Å². The summed E-state index contributed by atoms with van der Waals surface area (Å²) < 4.78 is 0. The number of piperidine rings is 1. The third kappa shape index (κ3) is 4.99. The van der Waals surface area contributed by atoms with Crippen molar-refractivity contribution in [3.63, 3.8) is 0 Å². The molecule has 1 saturated heterocycles. The molecule has 0 radical (unpaired) electrons. The van der Waals surface area contributed by atoms with Crippen molar-refractivity contribution in [1.29, 1.82) is 0 Å². The summed E-state index contributed by atoms with van der Waals surface area (Å²) in [4.78, 5) is 7.20. The third-order valence-electron chi connectivity index (χ3n) is 4.32. The van der Waals surface area contributed by atoms with Crippen LogP contribution in [0, 0.1) is 18.3 Å². The van der Waals surface area contributed by atoms with E-state index in [2.05, 4.69) is 57.0 Å². The van der Waals surface area contributed by atoms with Crippen LogP contribution in [0.15, 0.2) is 12.1 Å². The highest BCUT2D eigenvalue weighted by atomic mass is 15.2. The minimum absolute atomic E-state index is 0.488. The zero-order chi connectivity index (χ0) is 15.5. The zero-order valence-electron chi connectivity index (χ0n) is 14.4. The van der Waals surface area contributed by atoms with Crippen LogP contribution in [-0.4, -0.2) is 24.6 Å². The van der Waals surface area contributed by atoms with E-state index >= 15 is 0 Å². The molecule has 0 unspecified atom stereocenters. The Labute approximate surface area is 130 Å². The molecule has 21 heavy (non-hydrogen) atoms. The summed E-state index contributed by atoms with van der Waals surface area (Å²) in [6.45, 7) is 15.6.